The van der Waals surface area contributed by atoms with Crippen molar-refractivity contribution in [3.63, 3.8) is 0 Å². The van der Waals surface area contributed by atoms with Crippen molar-refractivity contribution in [2.45, 2.75) is 25.2 Å². The van der Waals surface area contributed by atoms with E-state index < -0.39 is 6.10 Å². The lowest BCUT2D eigenvalue weighted by atomic mass is 10.1. The Hall–Kier alpha value is -0.130. The van der Waals surface area contributed by atoms with Crippen molar-refractivity contribution in [2.75, 3.05) is 13.2 Å². The Labute approximate surface area is 114 Å². The second-order valence-corrected chi connectivity index (χ2v) is 5.32. The summed E-state index contributed by atoms with van der Waals surface area (Å²) < 4.78 is 11.5. The van der Waals surface area contributed by atoms with Gasteiger partial charge in [-0.25, -0.2) is 0 Å². The number of benzene rings is 1. The SMILES string of the molecule is OC(Cc1ccc(Br)cc1Cl)CC1OCCO1. The van der Waals surface area contributed by atoms with Crippen LogP contribution in [0.25, 0.3) is 0 Å². The first-order valence-electron chi connectivity index (χ1n) is 5.50. The molecule has 0 amide bonds. The van der Waals surface area contributed by atoms with Gasteiger partial charge in [-0.3, -0.25) is 0 Å². The van der Waals surface area contributed by atoms with Gasteiger partial charge >= 0.3 is 0 Å². The van der Waals surface area contributed by atoms with Gasteiger partial charge in [0.05, 0.1) is 19.3 Å². The molecular weight excluding hydrogens is 307 g/mol. The highest BCUT2D eigenvalue weighted by atomic mass is 79.9. The quantitative estimate of drug-likeness (QED) is 0.927. The van der Waals surface area contributed by atoms with Crippen LogP contribution in [0.15, 0.2) is 22.7 Å². The Bertz CT molecular complexity index is 380. The second kappa shape index (κ2) is 6.16. The van der Waals surface area contributed by atoms with Gasteiger partial charge in [0.15, 0.2) is 6.29 Å². The summed E-state index contributed by atoms with van der Waals surface area (Å²) in [6, 6.07) is 5.65. The summed E-state index contributed by atoms with van der Waals surface area (Å²) in [5.74, 6) is 0. The topological polar surface area (TPSA) is 38.7 Å². The molecule has 2 rings (SSSR count). The lowest BCUT2D eigenvalue weighted by Gasteiger charge is -2.15. The molecule has 1 atom stereocenters. The molecule has 1 N–H and O–H groups in total. The average Bonchev–Trinajstić information content (AvgIpc) is 2.75. The van der Waals surface area contributed by atoms with Crippen LogP contribution in [0.4, 0.5) is 0 Å². The fourth-order valence-electron chi connectivity index (χ4n) is 1.79. The second-order valence-electron chi connectivity index (χ2n) is 4.00. The van der Waals surface area contributed by atoms with Crippen LogP contribution in [0.1, 0.15) is 12.0 Å². The fraction of sp³-hybridized carbons (Fsp3) is 0.500. The maximum atomic E-state index is 9.93. The number of aliphatic hydroxyl groups is 1. The molecule has 5 heteroatoms. The third-order valence-corrected chi connectivity index (χ3v) is 3.47. The Kier molecular flexibility index (Phi) is 4.82. The zero-order valence-corrected chi connectivity index (χ0v) is 11.6. The average molecular weight is 322 g/mol. The maximum Gasteiger partial charge on any atom is 0.160 e. The molecule has 1 aromatic rings. The van der Waals surface area contributed by atoms with Crippen LogP contribution < -0.4 is 0 Å². The summed E-state index contributed by atoms with van der Waals surface area (Å²) >= 11 is 9.43. The normalized spacial score (nSPS) is 18.5. The predicted octanol–water partition coefficient (Wildman–Crippen LogP) is 2.77. The molecule has 0 aliphatic carbocycles. The highest BCUT2D eigenvalue weighted by Gasteiger charge is 2.20. The van der Waals surface area contributed by atoms with Gasteiger partial charge in [0.2, 0.25) is 0 Å². The van der Waals surface area contributed by atoms with Gasteiger partial charge in [0, 0.05) is 22.3 Å². The van der Waals surface area contributed by atoms with Crippen LogP contribution in [0.2, 0.25) is 5.02 Å². The molecule has 0 spiro atoms. The van der Waals surface area contributed by atoms with Crippen LogP contribution >= 0.6 is 27.5 Å². The number of ether oxygens (including phenoxy) is 2. The van der Waals surface area contributed by atoms with E-state index >= 15 is 0 Å². The van der Waals surface area contributed by atoms with Gasteiger partial charge in [-0.1, -0.05) is 33.6 Å². The van der Waals surface area contributed by atoms with Gasteiger partial charge in [0.1, 0.15) is 0 Å². The van der Waals surface area contributed by atoms with Crippen molar-refractivity contribution < 1.29 is 14.6 Å². The molecular formula is C12H14BrClO3. The van der Waals surface area contributed by atoms with Crippen molar-refractivity contribution in [3.8, 4) is 0 Å². The van der Waals surface area contributed by atoms with Crippen LogP contribution in [0.3, 0.4) is 0 Å². The zero-order chi connectivity index (χ0) is 12.3. The van der Waals surface area contributed by atoms with Gasteiger partial charge in [-0.05, 0) is 17.7 Å². The summed E-state index contributed by atoms with van der Waals surface area (Å²) in [5, 5.41) is 10.6. The molecule has 1 aliphatic rings. The van der Waals surface area contributed by atoms with Crippen molar-refractivity contribution in [3.05, 3.63) is 33.3 Å². The summed E-state index contributed by atoms with van der Waals surface area (Å²) in [4.78, 5) is 0. The summed E-state index contributed by atoms with van der Waals surface area (Å²) in [6.45, 7) is 1.22. The molecule has 1 fully saturated rings. The fourth-order valence-corrected chi connectivity index (χ4v) is 2.54. The van der Waals surface area contributed by atoms with E-state index in [2.05, 4.69) is 15.9 Å². The number of hydrogen-bond acceptors (Lipinski definition) is 3. The lowest BCUT2D eigenvalue weighted by molar-refractivity contribution is -0.0698. The van der Waals surface area contributed by atoms with E-state index in [4.69, 9.17) is 21.1 Å². The largest absolute Gasteiger partial charge is 0.393 e. The third kappa shape index (κ3) is 3.93. The molecule has 1 aromatic carbocycles. The molecule has 94 valence electrons. The van der Waals surface area contributed by atoms with Crippen molar-refractivity contribution >= 4 is 27.5 Å². The molecule has 0 aromatic heterocycles. The van der Waals surface area contributed by atoms with E-state index in [1.165, 1.54) is 0 Å². The molecule has 1 unspecified atom stereocenters. The van der Waals surface area contributed by atoms with E-state index in [-0.39, 0.29) is 6.29 Å². The third-order valence-electron chi connectivity index (χ3n) is 2.63. The Morgan fingerprint density at radius 2 is 2.12 bits per heavy atom. The van der Waals surface area contributed by atoms with Gasteiger partial charge in [-0.15, -0.1) is 0 Å². The smallest absolute Gasteiger partial charge is 0.160 e. The van der Waals surface area contributed by atoms with E-state index in [0.29, 0.717) is 31.1 Å². The van der Waals surface area contributed by atoms with Crippen LogP contribution in [0.5, 0.6) is 0 Å². The Morgan fingerprint density at radius 1 is 1.41 bits per heavy atom. The first-order chi connectivity index (χ1) is 8.15. The molecule has 3 nitrogen and oxygen atoms in total. The van der Waals surface area contributed by atoms with E-state index in [1.807, 2.05) is 18.2 Å². The standard InChI is InChI=1S/C12H14BrClO3/c13-9-2-1-8(11(14)6-9)5-10(15)7-12-16-3-4-17-12/h1-2,6,10,12,15H,3-5,7H2. The summed E-state index contributed by atoms with van der Waals surface area (Å²) in [5.41, 5.74) is 0.931. The van der Waals surface area contributed by atoms with Crippen molar-refractivity contribution in [1.82, 2.24) is 0 Å². The highest BCUT2D eigenvalue weighted by Crippen LogP contribution is 2.23. The van der Waals surface area contributed by atoms with Gasteiger partial charge in [0.25, 0.3) is 0 Å². The molecule has 17 heavy (non-hydrogen) atoms. The maximum absolute atomic E-state index is 9.93. The van der Waals surface area contributed by atoms with E-state index in [0.717, 1.165) is 10.0 Å². The minimum absolute atomic E-state index is 0.278. The molecule has 0 bridgehead atoms. The molecule has 1 aliphatic heterocycles. The molecule has 0 radical (unpaired) electrons. The van der Waals surface area contributed by atoms with E-state index in [9.17, 15) is 5.11 Å². The highest BCUT2D eigenvalue weighted by molar-refractivity contribution is 9.10. The van der Waals surface area contributed by atoms with Crippen molar-refractivity contribution in [2.24, 2.45) is 0 Å². The molecule has 1 heterocycles. The lowest BCUT2D eigenvalue weighted by Crippen LogP contribution is -2.20. The minimum atomic E-state index is -0.503. The zero-order valence-electron chi connectivity index (χ0n) is 9.23. The van der Waals surface area contributed by atoms with Crippen molar-refractivity contribution in [1.29, 1.82) is 0 Å². The number of hydrogen-bond donors (Lipinski definition) is 1. The Morgan fingerprint density at radius 3 is 2.76 bits per heavy atom. The predicted molar refractivity (Wildman–Crippen MR) is 69.2 cm³/mol. The number of rotatable bonds is 4. The summed E-state index contributed by atoms with van der Waals surface area (Å²) in [7, 11) is 0. The first-order valence-corrected chi connectivity index (χ1v) is 6.67. The van der Waals surface area contributed by atoms with Crippen LogP contribution in [-0.2, 0) is 15.9 Å². The van der Waals surface area contributed by atoms with Crippen LogP contribution in [-0.4, -0.2) is 30.7 Å². The molecule has 1 saturated heterocycles. The molecule has 0 saturated carbocycles. The summed E-state index contributed by atoms with van der Waals surface area (Å²) in [6.07, 6.45) is 0.206. The van der Waals surface area contributed by atoms with Gasteiger partial charge in [-0.2, -0.15) is 0 Å². The Balaban J connectivity index is 1.90. The first kappa shape index (κ1) is 13.3. The van der Waals surface area contributed by atoms with E-state index in [1.54, 1.807) is 0 Å². The minimum Gasteiger partial charge on any atom is -0.393 e. The van der Waals surface area contributed by atoms with Gasteiger partial charge < -0.3 is 14.6 Å². The monoisotopic (exact) mass is 320 g/mol. The number of halogens is 2. The number of aliphatic hydroxyl groups excluding tert-OH is 1. The van der Waals surface area contributed by atoms with Crippen LogP contribution in [0, 0.1) is 0 Å².